The molecule has 2 rings (SSSR count). The highest BCUT2D eigenvalue weighted by atomic mass is 16.2. The van der Waals surface area contributed by atoms with Crippen molar-refractivity contribution in [3.63, 3.8) is 0 Å². The SMILES string of the molecule is CC(C)(N)C1(C(=O)Nc2ccncc2)CCCCC1. The maximum atomic E-state index is 12.7. The highest BCUT2D eigenvalue weighted by Gasteiger charge is 2.49. The van der Waals surface area contributed by atoms with E-state index in [1.165, 1.54) is 6.42 Å². The zero-order valence-electron chi connectivity index (χ0n) is 11.8. The summed E-state index contributed by atoms with van der Waals surface area (Å²) < 4.78 is 0. The van der Waals surface area contributed by atoms with Crippen LogP contribution < -0.4 is 11.1 Å². The van der Waals surface area contributed by atoms with Crippen LogP contribution in [0.2, 0.25) is 0 Å². The second kappa shape index (κ2) is 5.29. The van der Waals surface area contributed by atoms with Gasteiger partial charge in [-0.15, -0.1) is 0 Å². The second-order valence-corrected chi connectivity index (χ2v) is 6.05. The lowest BCUT2D eigenvalue weighted by Gasteiger charge is -2.45. The standard InChI is InChI=1S/C15H23N3O/c1-14(2,16)15(8-4-3-5-9-15)13(19)18-12-6-10-17-11-7-12/h6-7,10-11H,3-5,8-9,16H2,1-2H3,(H,17,18,19). The summed E-state index contributed by atoms with van der Waals surface area (Å²) in [6.45, 7) is 3.93. The Hall–Kier alpha value is -1.42. The third-order valence-corrected chi connectivity index (χ3v) is 4.31. The molecule has 0 radical (unpaired) electrons. The summed E-state index contributed by atoms with van der Waals surface area (Å²) in [4.78, 5) is 16.7. The molecule has 0 saturated heterocycles. The Morgan fingerprint density at radius 2 is 1.84 bits per heavy atom. The summed E-state index contributed by atoms with van der Waals surface area (Å²) in [6.07, 6.45) is 8.43. The molecule has 0 unspecified atom stereocenters. The van der Waals surface area contributed by atoms with Crippen molar-refractivity contribution >= 4 is 11.6 Å². The first-order valence-corrected chi connectivity index (χ1v) is 6.96. The van der Waals surface area contributed by atoms with Gasteiger partial charge < -0.3 is 11.1 Å². The molecule has 19 heavy (non-hydrogen) atoms. The molecule has 1 amide bonds. The van der Waals surface area contributed by atoms with Gasteiger partial charge in [0.05, 0.1) is 5.41 Å². The lowest BCUT2D eigenvalue weighted by molar-refractivity contribution is -0.131. The van der Waals surface area contributed by atoms with Gasteiger partial charge in [-0.25, -0.2) is 0 Å². The zero-order chi connectivity index (χ0) is 13.9. The van der Waals surface area contributed by atoms with E-state index in [-0.39, 0.29) is 5.91 Å². The van der Waals surface area contributed by atoms with Gasteiger partial charge in [0.25, 0.3) is 0 Å². The minimum Gasteiger partial charge on any atom is -0.325 e. The molecule has 0 aromatic carbocycles. The molecule has 0 spiro atoms. The summed E-state index contributed by atoms with van der Waals surface area (Å²) in [7, 11) is 0. The topological polar surface area (TPSA) is 68.0 Å². The van der Waals surface area contributed by atoms with E-state index in [9.17, 15) is 4.79 Å². The van der Waals surface area contributed by atoms with Crippen LogP contribution in [0.15, 0.2) is 24.5 Å². The van der Waals surface area contributed by atoms with Crippen LogP contribution in [0.3, 0.4) is 0 Å². The number of rotatable bonds is 3. The Labute approximate surface area is 114 Å². The zero-order valence-corrected chi connectivity index (χ0v) is 11.8. The van der Waals surface area contributed by atoms with Crippen LogP contribution in [-0.4, -0.2) is 16.4 Å². The molecule has 1 aromatic rings. The van der Waals surface area contributed by atoms with Crippen LogP contribution in [0.25, 0.3) is 0 Å². The summed E-state index contributed by atoms with van der Waals surface area (Å²) in [5.41, 5.74) is 6.14. The fraction of sp³-hybridized carbons (Fsp3) is 0.600. The van der Waals surface area contributed by atoms with Gasteiger partial charge >= 0.3 is 0 Å². The number of hydrogen-bond acceptors (Lipinski definition) is 3. The molecule has 1 heterocycles. The molecule has 1 aliphatic carbocycles. The number of anilines is 1. The van der Waals surface area contributed by atoms with Crippen LogP contribution in [-0.2, 0) is 4.79 Å². The van der Waals surface area contributed by atoms with Gasteiger partial charge in [0, 0.05) is 23.6 Å². The minimum absolute atomic E-state index is 0.0471. The predicted molar refractivity (Wildman–Crippen MR) is 76.7 cm³/mol. The predicted octanol–water partition coefficient (Wildman–Crippen LogP) is 2.71. The number of nitrogens with one attached hydrogen (secondary N) is 1. The molecule has 4 nitrogen and oxygen atoms in total. The van der Waals surface area contributed by atoms with Gasteiger partial charge in [-0.2, -0.15) is 0 Å². The summed E-state index contributed by atoms with van der Waals surface area (Å²) in [5.74, 6) is 0.0471. The number of nitrogens with two attached hydrogens (primary N) is 1. The molecule has 0 atom stereocenters. The molecule has 4 heteroatoms. The molecule has 1 fully saturated rings. The highest BCUT2D eigenvalue weighted by Crippen LogP contribution is 2.44. The molecule has 0 bridgehead atoms. The van der Waals surface area contributed by atoms with Crippen LogP contribution >= 0.6 is 0 Å². The van der Waals surface area contributed by atoms with Crippen molar-refractivity contribution in [3.8, 4) is 0 Å². The third kappa shape index (κ3) is 2.78. The smallest absolute Gasteiger partial charge is 0.232 e. The van der Waals surface area contributed by atoms with Crippen LogP contribution in [0.5, 0.6) is 0 Å². The Kier molecular flexibility index (Phi) is 3.90. The molecular weight excluding hydrogens is 238 g/mol. The molecular formula is C15H23N3O. The van der Waals surface area contributed by atoms with Crippen molar-refractivity contribution in [2.45, 2.75) is 51.5 Å². The first-order chi connectivity index (χ1) is 8.96. The fourth-order valence-electron chi connectivity index (χ4n) is 3.01. The van der Waals surface area contributed by atoms with Crippen molar-refractivity contribution in [2.24, 2.45) is 11.1 Å². The molecule has 104 valence electrons. The van der Waals surface area contributed by atoms with E-state index < -0.39 is 11.0 Å². The Morgan fingerprint density at radius 3 is 2.37 bits per heavy atom. The van der Waals surface area contributed by atoms with E-state index in [0.717, 1.165) is 31.4 Å². The number of carbonyl (C=O) groups excluding carboxylic acids is 1. The number of aromatic nitrogens is 1. The maximum Gasteiger partial charge on any atom is 0.232 e. The molecule has 3 N–H and O–H groups in total. The van der Waals surface area contributed by atoms with Gasteiger partial charge in [0.2, 0.25) is 5.91 Å². The molecule has 1 aromatic heterocycles. The van der Waals surface area contributed by atoms with Crippen molar-refractivity contribution < 1.29 is 4.79 Å². The Balaban J connectivity index is 2.22. The summed E-state index contributed by atoms with van der Waals surface area (Å²) in [6, 6.07) is 3.61. The number of pyridine rings is 1. The van der Waals surface area contributed by atoms with E-state index in [0.29, 0.717) is 0 Å². The summed E-state index contributed by atoms with van der Waals surface area (Å²) >= 11 is 0. The fourth-order valence-corrected chi connectivity index (χ4v) is 3.01. The number of hydrogen-bond donors (Lipinski definition) is 2. The number of carbonyl (C=O) groups is 1. The van der Waals surface area contributed by atoms with Crippen molar-refractivity contribution in [1.82, 2.24) is 4.98 Å². The average molecular weight is 261 g/mol. The van der Waals surface area contributed by atoms with Crippen LogP contribution in [0.1, 0.15) is 46.0 Å². The summed E-state index contributed by atoms with van der Waals surface area (Å²) in [5, 5.41) is 3.00. The second-order valence-electron chi connectivity index (χ2n) is 6.05. The molecule has 1 saturated carbocycles. The van der Waals surface area contributed by atoms with Crippen LogP contribution in [0, 0.1) is 5.41 Å². The first-order valence-electron chi connectivity index (χ1n) is 6.96. The quantitative estimate of drug-likeness (QED) is 0.879. The van der Waals surface area contributed by atoms with Crippen molar-refractivity contribution in [3.05, 3.63) is 24.5 Å². The van der Waals surface area contributed by atoms with Gasteiger partial charge in [-0.05, 0) is 38.8 Å². The van der Waals surface area contributed by atoms with E-state index in [1.807, 2.05) is 13.8 Å². The minimum atomic E-state index is -0.509. The first kappa shape index (κ1) is 14.0. The molecule has 0 aliphatic heterocycles. The van der Waals surface area contributed by atoms with Gasteiger partial charge in [-0.1, -0.05) is 19.3 Å². The Morgan fingerprint density at radius 1 is 1.26 bits per heavy atom. The van der Waals surface area contributed by atoms with Crippen molar-refractivity contribution in [2.75, 3.05) is 5.32 Å². The van der Waals surface area contributed by atoms with Crippen molar-refractivity contribution in [1.29, 1.82) is 0 Å². The normalized spacial score (nSPS) is 18.9. The monoisotopic (exact) mass is 261 g/mol. The van der Waals surface area contributed by atoms with E-state index in [2.05, 4.69) is 10.3 Å². The number of amides is 1. The van der Waals surface area contributed by atoms with Gasteiger partial charge in [-0.3, -0.25) is 9.78 Å². The third-order valence-electron chi connectivity index (χ3n) is 4.31. The highest BCUT2D eigenvalue weighted by molar-refractivity contribution is 5.96. The Bertz CT molecular complexity index is 430. The maximum absolute atomic E-state index is 12.7. The van der Waals surface area contributed by atoms with Gasteiger partial charge in [0.15, 0.2) is 0 Å². The average Bonchev–Trinajstić information content (AvgIpc) is 2.39. The van der Waals surface area contributed by atoms with E-state index >= 15 is 0 Å². The molecule has 1 aliphatic rings. The van der Waals surface area contributed by atoms with Crippen LogP contribution in [0.4, 0.5) is 5.69 Å². The number of nitrogens with zero attached hydrogens (tertiary/aromatic N) is 1. The van der Waals surface area contributed by atoms with E-state index in [1.54, 1.807) is 24.5 Å². The van der Waals surface area contributed by atoms with E-state index in [4.69, 9.17) is 5.73 Å². The lowest BCUT2D eigenvalue weighted by Crippen LogP contribution is -2.58. The van der Waals surface area contributed by atoms with Gasteiger partial charge in [0.1, 0.15) is 0 Å². The largest absolute Gasteiger partial charge is 0.325 e. The lowest BCUT2D eigenvalue weighted by atomic mass is 9.62.